The molecule has 5 rings (SSSR count). The van der Waals surface area contributed by atoms with Gasteiger partial charge in [0, 0.05) is 17.6 Å². The van der Waals surface area contributed by atoms with Crippen LogP contribution in [0.4, 0.5) is 0 Å². The van der Waals surface area contributed by atoms with Crippen molar-refractivity contribution in [2.45, 2.75) is 33.0 Å². The number of aromatic nitrogens is 5. The Morgan fingerprint density at radius 2 is 1.66 bits per heavy atom. The Morgan fingerprint density at radius 3 is 2.37 bits per heavy atom. The zero-order valence-electron chi connectivity index (χ0n) is 19.9. The van der Waals surface area contributed by atoms with Crippen LogP contribution < -0.4 is 5.56 Å². The van der Waals surface area contributed by atoms with Crippen molar-refractivity contribution in [2.24, 2.45) is 0 Å². The van der Waals surface area contributed by atoms with Crippen LogP contribution in [0.15, 0.2) is 89.7 Å². The van der Waals surface area contributed by atoms with Gasteiger partial charge < -0.3 is 4.98 Å². The van der Waals surface area contributed by atoms with E-state index in [1.54, 1.807) is 4.68 Å². The second-order valence-corrected chi connectivity index (χ2v) is 8.78. The lowest BCUT2D eigenvalue weighted by Gasteiger charge is -2.30. The van der Waals surface area contributed by atoms with Crippen LogP contribution >= 0.6 is 0 Å². The van der Waals surface area contributed by atoms with Gasteiger partial charge in [0.2, 0.25) is 0 Å². The van der Waals surface area contributed by atoms with Gasteiger partial charge in [-0.2, -0.15) is 0 Å². The molecule has 2 aromatic heterocycles. The Balaban J connectivity index is 1.64. The number of nitrogens with one attached hydrogen (secondary N) is 1. The molecule has 176 valence electrons. The number of pyridine rings is 1. The van der Waals surface area contributed by atoms with Gasteiger partial charge in [-0.05, 0) is 58.1 Å². The van der Waals surface area contributed by atoms with Gasteiger partial charge in [0.05, 0.1) is 6.54 Å². The van der Waals surface area contributed by atoms with E-state index >= 15 is 0 Å². The van der Waals surface area contributed by atoms with Gasteiger partial charge in [-0.1, -0.05) is 79.7 Å². The van der Waals surface area contributed by atoms with Crippen LogP contribution in [0.5, 0.6) is 0 Å². The first kappa shape index (κ1) is 22.7. The highest BCUT2D eigenvalue weighted by Crippen LogP contribution is 2.28. The smallest absolute Gasteiger partial charge is 0.253 e. The molecule has 0 amide bonds. The zero-order valence-corrected chi connectivity index (χ0v) is 19.9. The average Bonchev–Trinajstić information content (AvgIpc) is 3.32. The van der Waals surface area contributed by atoms with Crippen LogP contribution in [-0.4, -0.2) is 36.6 Å². The second kappa shape index (κ2) is 10.0. The van der Waals surface area contributed by atoms with E-state index in [9.17, 15) is 4.79 Å². The van der Waals surface area contributed by atoms with Gasteiger partial charge in [0.1, 0.15) is 6.04 Å². The molecule has 7 nitrogen and oxygen atoms in total. The number of aromatic amines is 1. The van der Waals surface area contributed by atoms with Crippen molar-refractivity contribution in [1.82, 2.24) is 30.1 Å². The maximum Gasteiger partial charge on any atom is 0.253 e. The van der Waals surface area contributed by atoms with Crippen molar-refractivity contribution in [3.8, 4) is 0 Å². The van der Waals surface area contributed by atoms with E-state index in [-0.39, 0.29) is 5.56 Å². The predicted octanol–water partition coefficient (Wildman–Crippen LogP) is 4.48. The number of nitrogens with zero attached hydrogens (tertiary/aromatic N) is 5. The highest BCUT2D eigenvalue weighted by atomic mass is 16.1. The van der Waals surface area contributed by atoms with Gasteiger partial charge >= 0.3 is 0 Å². The monoisotopic (exact) mass is 464 g/mol. The van der Waals surface area contributed by atoms with Crippen LogP contribution in [0, 0.1) is 6.92 Å². The minimum Gasteiger partial charge on any atom is -0.322 e. The molecule has 0 bridgehead atoms. The number of rotatable bonds is 8. The van der Waals surface area contributed by atoms with Crippen molar-refractivity contribution in [1.29, 1.82) is 0 Å². The summed E-state index contributed by atoms with van der Waals surface area (Å²) in [5, 5.41) is 13.7. The minimum absolute atomic E-state index is 0.131. The zero-order chi connectivity index (χ0) is 24.2. The summed E-state index contributed by atoms with van der Waals surface area (Å²) in [5.41, 5.74) is 4.68. The molecule has 1 atom stereocenters. The fourth-order valence-corrected chi connectivity index (χ4v) is 4.51. The number of fused-ring (bicyclic) bond motifs is 1. The molecule has 0 saturated heterocycles. The Hall–Kier alpha value is -4.10. The van der Waals surface area contributed by atoms with E-state index < -0.39 is 6.04 Å². The maximum atomic E-state index is 13.5. The normalized spacial score (nSPS) is 12.3. The minimum atomic E-state index is -0.423. The SMILES string of the molecule is CCN(Cc1ccccc1)C(c1cc2ccc(C)cc2[nH]c1=O)c1nnnn1Cc1ccccc1. The summed E-state index contributed by atoms with van der Waals surface area (Å²) in [4.78, 5) is 18.8. The Kier molecular flexibility index (Phi) is 6.50. The first-order chi connectivity index (χ1) is 17.1. The number of aryl methyl sites for hydroxylation is 1. The summed E-state index contributed by atoms with van der Waals surface area (Å²) >= 11 is 0. The Morgan fingerprint density at radius 1 is 0.943 bits per heavy atom. The van der Waals surface area contributed by atoms with Crippen LogP contribution in [0.25, 0.3) is 10.9 Å². The average molecular weight is 465 g/mol. The standard InChI is InChI=1S/C28H28N6O/c1-3-33(18-21-10-6-4-7-11-21)26(24-17-23-15-14-20(2)16-25(23)29-28(24)35)27-30-31-32-34(27)19-22-12-8-5-9-13-22/h4-17,26H,3,18-19H2,1-2H3,(H,29,35). The van der Waals surface area contributed by atoms with E-state index in [1.165, 1.54) is 0 Å². The molecule has 5 aromatic rings. The second-order valence-electron chi connectivity index (χ2n) is 8.78. The molecule has 0 aliphatic heterocycles. The van der Waals surface area contributed by atoms with Crippen LogP contribution in [0.3, 0.4) is 0 Å². The summed E-state index contributed by atoms with van der Waals surface area (Å²) in [6.07, 6.45) is 0. The molecule has 0 saturated carbocycles. The number of hydrogen-bond acceptors (Lipinski definition) is 5. The molecule has 2 heterocycles. The van der Waals surface area contributed by atoms with Crippen LogP contribution in [-0.2, 0) is 13.1 Å². The highest BCUT2D eigenvalue weighted by molar-refractivity contribution is 5.79. The molecule has 1 unspecified atom stereocenters. The fourth-order valence-electron chi connectivity index (χ4n) is 4.51. The van der Waals surface area contributed by atoms with Crippen molar-refractivity contribution in [3.63, 3.8) is 0 Å². The predicted molar refractivity (Wildman–Crippen MR) is 137 cm³/mol. The lowest BCUT2D eigenvalue weighted by molar-refractivity contribution is 0.214. The summed E-state index contributed by atoms with van der Waals surface area (Å²) in [7, 11) is 0. The van der Waals surface area contributed by atoms with Crippen LogP contribution in [0.2, 0.25) is 0 Å². The molecule has 7 heteroatoms. The fraction of sp³-hybridized carbons (Fsp3) is 0.214. The third kappa shape index (κ3) is 4.90. The highest BCUT2D eigenvalue weighted by Gasteiger charge is 2.30. The first-order valence-electron chi connectivity index (χ1n) is 11.8. The van der Waals surface area contributed by atoms with E-state index in [4.69, 9.17) is 0 Å². The molecular formula is C28H28N6O. The molecule has 0 fully saturated rings. The largest absolute Gasteiger partial charge is 0.322 e. The van der Waals surface area contributed by atoms with Crippen molar-refractivity contribution < 1.29 is 0 Å². The van der Waals surface area contributed by atoms with Crippen molar-refractivity contribution in [3.05, 3.63) is 123 Å². The van der Waals surface area contributed by atoms with Gasteiger partial charge in [0.25, 0.3) is 5.56 Å². The maximum absolute atomic E-state index is 13.5. The molecular weight excluding hydrogens is 436 g/mol. The molecule has 0 aliphatic carbocycles. The third-order valence-electron chi connectivity index (χ3n) is 6.30. The molecule has 0 spiro atoms. The summed E-state index contributed by atoms with van der Waals surface area (Å²) in [5.74, 6) is 0.642. The third-order valence-corrected chi connectivity index (χ3v) is 6.30. The van der Waals surface area contributed by atoms with Gasteiger partial charge in [-0.25, -0.2) is 4.68 Å². The van der Waals surface area contributed by atoms with Gasteiger partial charge in [-0.3, -0.25) is 9.69 Å². The number of H-pyrrole nitrogens is 1. The lowest BCUT2D eigenvalue weighted by Crippen LogP contribution is -2.35. The van der Waals surface area contributed by atoms with Crippen molar-refractivity contribution in [2.75, 3.05) is 6.54 Å². The number of benzene rings is 3. The Labute approximate surface area is 204 Å². The molecule has 0 radical (unpaired) electrons. The van der Waals surface area contributed by atoms with Crippen molar-refractivity contribution >= 4 is 10.9 Å². The Bertz CT molecular complexity index is 1480. The number of tetrazole rings is 1. The van der Waals surface area contributed by atoms with E-state index in [1.807, 2.05) is 73.7 Å². The lowest BCUT2D eigenvalue weighted by atomic mass is 10.0. The topological polar surface area (TPSA) is 79.7 Å². The van der Waals surface area contributed by atoms with E-state index in [0.29, 0.717) is 31.0 Å². The van der Waals surface area contributed by atoms with Crippen LogP contribution in [0.1, 0.15) is 41.0 Å². The first-order valence-corrected chi connectivity index (χ1v) is 11.8. The van der Waals surface area contributed by atoms with Gasteiger partial charge in [-0.15, -0.1) is 5.10 Å². The van der Waals surface area contributed by atoms with Gasteiger partial charge in [0.15, 0.2) is 5.82 Å². The summed E-state index contributed by atoms with van der Waals surface area (Å²) < 4.78 is 1.80. The quantitative estimate of drug-likeness (QED) is 0.366. The van der Waals surface area contributed by atoms with E-state index in [2.05, 4.69) is 50.5 Å². The van der Waals surface area contributed by atoms with E-state index in [0.717, 1.165) is 27.6 Å². The molecule has 35 heavy (non-hydrogen) atoms. The number of hydrogen-bond donors (Lipinski definition) is 1. The summed E-state index contributed by atoms with van der Waals surface area (Å²) in [6.45, 7) is 6.01. The molecule has 1 N–H and O–H groups in total. The molecule has 0 aliphatic rings. The molecule has 3 aromatic carbocycles. The summed E-state index contributed by atoms with van der Waals surface area (Å²) in [6, 6.07) is 28.0.